The minimum Gasteiger partial charge on any atom is -0.454 e. The number of hydrogen-bond donors (Lipinski definition) is 1. The van der Waals surface area contributed by atoms with Crippen LogP contribution in [-0.2, 0) is 11.3 Å². The maximum absolute atomic E-state index is 12.6. The summed E-state index contributed by atoms with van der Waals surface area (Å²) in [6.45, 7) is 2.55. The molecule has 6 heteroatoms. The number of fused-ring (bicyclic) bond motifs is 1. The van der Waals surface area contributed by atoms with Gasteiger partial charge in [-0.05, 0) is 30.2 Å². The molecule has 0 saturated heterocycles. The van der Waals surface area contributed by atoms with Crippen molar-refractivity contribution in [2.45, 2.75) is 25.8 Å². The number of amides is 1. The van der Waals surface area contributed by atoms with E-state index in [1.54, 1.807) is 0 Å². The largest absolute Gasteiger partial charge is 0.454 e. The van der Waals surface area contributed by atoms with Crippen molar-refractivity contribution in [3.05, 3.63) is 65.9 Å². The van der Waals surface area contributed by atoms with Gasteiger partial charge in [-0.1, -0.05) is 42.4 Å². The number of nitrogens with zero attached hydrogens (tertiary/aromatic N) is 1. The molecule has 138 valence electrons. The minimum atomic E-state index is -0.175. The second-order valence-electron chi connectivity index (χ2n) is 6.34. The molecule has 0 bridgehead atoms. The first-order chi connectivity index (χ1) is 13.2. The summed E-state index contributed by atoms with van der Waals surface area (Å²) in [6, 6.07) is 17.2. The summed E-state index contributed by atoms with van der Waals surface area (Å²) in [5.74, 6) is 1.83. The maximum atomic E-state index is 12.6. The summed E-state index contributed by atoms with van der Waals surface area (Å²) in [4.78, 5) is 12.6. The monoisotopic (exact) mass is 364 g/mol. The number of benzene rings is 2. The highest BCUT2D eigenvalue weighted by Crippen LogP contribution is 2.36. The Labute approximate surface area is 157 Å². The van der Waals surface area contributed by atoms with E-state index in [0.717, 1.165) is 23.3 Å². The van der Waals surface area contributed by atoms with Crippen molar-refractivity contribution in [2.75, 3.05) is 6.79 Å². The molecule has 1 N–H and O–H groups in total. The van der Waals surface area contributed by atoms with Gasteiger partial charge >= 0.3 is 0 Å². The summed E-state index contributed by atoms with van der Waals surface area (Å²) in [5.41, 5.74) is 2.53. The summed E-state index contributed by atoms with van der Waals surface area (Å²) in [5, 5.41) is 7.00. The number of carbonyl (C=O) groups excluding carboxylic acids is 1. The number of ether oxygens (including phenoxy) is 2. The lowest BCUT2D eigenvalue weighted by Gasteiger charge is -2.14. The molecule has 2 heterocycles. The van der Waals surface area contributed by atoms with Crippen LogP contribution in [-0.4, -0.2) is 17.9 Å². The average molecular weight is 364 g/mol. The van der Waals surface area contributed by atoms with Gasteiger partial charge in [0.15, 0.2) is 17.3 Å². The zero-order chi connectivity index (χ0) is 18.6. The van der Waals surface area contributed by atoms with Crippen LogP contribution in [0.25, 0.3) is 11.3 Å². The Morgan fingerprint density at radius 1 is 1.11 bits per heavy atom. The van der Waals surface area contributed by atoms with Crippen LogP contribution in [0.1, 0.15) is 30.5 Å². The minimum absolute atomic E-state index is 0.0173. The zero-order valence-corrected chi connectivity index (χ0v) is 15.0. The summed E-state index contributed by atoms with van der Waals surface area (Å²) in [6.07, 6.45) is 0.733. The molecule has 0 radical (unpaired) electrons. The van der Waals surface area contributed by atoms with Gasteiger partial charge in [0.1, 0.15) is 5.69 Å². The first-order valence-corrected chi connectivity index (χ1v) is 8.93. The van der Waals surface area contributed by atoms with Crippen molar-refractivity contribution in [1.82, 2.24) is 10.5 Å². The second-order valence-corrected chi connectivity index (χ2v) is 6.34. The standard InChI is InChI=1S/C21H20N2O4/c1-2-17(14-6-4-3-5-7-14)21(24)22-12-16-11-19(27-23-16)15-8-9-18-20(10-15)26-13-25-18/h3-11,17H,2,12-13H2,1H3,(H,22,24)/t17-/m1/s1. The van der Waals surface area contributed by atoms with Gasteiger partial charge < -0.3 is 19.3 Å². The lowest BCUT2D eigenvalue weighted by atomic mass is 9.96. The molecule has 1 atom stereocenters. The molecule has 2 aromatic carbocycles. The van der Waals surface area contributed by atoms with Gasteiger partial charge in [0, 0.05) is 11.6 Å². The van der Waals surface area contributed by atoms with E-state index < -0.39 is 0 Å². The van der Waals surface area contributed by atoms with Crippen molar-refractivity contribution >= 4 is 5.91 Å². The normalized spacial score (nSPS) is 13.4. The van der Waals surface area contributed by atoms with Gasteiger partial charge in [-0.2, -0.15) is 0 Å². The van der Waals surface area contributed by atoms with Crippen LogP contribution >= 0.6 is 0 Å². The molecule has 1 aromatic heterocycles. The molecule has 1 aliphatic heterocycles. The van der Waals surface area contributed by atoms with Crippen LogP contribution in [0.4, 0.5) is 0 Å². The first-order valence-electron chi connectivity index (χ1n) is 8.93. The van der Waals surface area contributed by atoms with Gasteiger partial charge in [-0.25, -0.2) is 0 Å². The number of nitrogens with one attached hydrogen (secondary N) is 1. The molecular formula is C21H20N2O4. The predicted octanol–water partition coefficient (Wildman–Crippen LogP) is 3.88. The van der Waals surface area contributed by atoms with Gasteiger partial charge in [-0.15, -0.1) is 0 Å². The Balaban J connectivity index is 1.41. The summed E-state index contributed by atoms with van der Waals surface area (Å²) < 4.78 is 16.1. The van der Waals surface area contributed by atoms with Crippen molar-refractivity contribution < 1.29 is 18.8 Å². The number of rotatable bonds is 6. The highest BCUT2D eigenvalue weighted by Gasteiger charge is 2.19. The molecule has 1 aliphatic rings. The van der Waals surface area contributed by atoms with E-state index in [1.807, 2.05) is 61.5 Å². The quantitative estimate of drug-likeness (QED) is 0.718. The fourth-order valence-corrected chi connectivity index (χ4v) is 3.14. The van der Waals surface area contributed by atoms with E-state index in [9.17, 15) is 4.79 Å². The second kappa shape index (κ2) is 7.53. The Morgan fingerprint density at radius 3 is 2.74 bits per heavy atom. The topological polar surface area (TPSA) is 73.6 Å². The smallest absolute Gasteiger partial charge is 0.231 e. The van der Waals surface area contributed by atoms with Crippen LogP contribution in [0.15, 0.2) is 59.1 Å². The Morgan fingerprint density at radius 2 is 1.93 bits per heavy atom. The fourth-order valence-electron chi connectivity index (χ4n) is 3.14. The Bertz CT molecular complexity index is 936. The Kier molecular flexibility index (Phi) is 4.78. The lowest BCUT2D eigenvalue weighted by molar-refractivity contribution is -0.122. The highest BCUT2D eigenvalue weighted by molar-refractivity contribution is 5.83. The molecule has 0 unspecified atom stereocenters. The fraction of sp³-hybridized carbons (Fsp3) is 0.238. The van der Waals surface area contributed by atoms with Gasteiger partial charge in [-0.3, -0.25) is 4.79 Å². The van der Waals surface area contributed by atoms with E-state index in [4.69, 9.17) is 14.0 Å². The SMILES string of the molecule is CC[C@@H](C(=O)NCc1cc(-c2ccc3c(c2)OCO3)on1)c1ccccc1. The number of aromatic nitrogens is 1. The van der Waals surface area contributed by atoms with E-state index in [2.05, 4.69) is 10.5 Å². The highest BCUT2D eigenvalue weighted by atomic mass is 16.7. The van der Waals surface area contributed by atoms with Crippen LogP contribution in [0.5, 0.6) is 11.5 Å². The molecule has 0 aliphatic carbocycles. The molecule has 6 nitrogen and oxygen atoms in total. The Hall–Kier alpha value is -3.28. The van der Waals surface area contributed by atoms with Crippen molar-refractivity contribution in [3.8, 4) is 22.8 Å². The van der Waals surface area contributed by atoms with Gasteiger partial charge in [0.05, 0.1) is 12.5 Å². The number of carbonyl (C=O) groups is 1. The van der Waals surface area contributed by atoms with E-state index in [0.29, 0.717) is 23.7 Å². The van der Waals surface area contributed by atoms with E-state index >= 15 is 0 Å². The number of hydrogen-bond acceptors (Lipinski definition) is 5. The van der Waals surface area contributed by atoms with Crippen molar-refractivity contribution in [1.29, 1.82) is 0 Å². The third-order valence-corrected chi connectivity index (χ3v) is 4.59. The lowest BCUT2D eigenvalue weighted by Crippen LogP contribution is -2.28. The first kappa shape index (κ1) is 17.1. The molecule has 0 spiro atoms. The van der Waals surface area contributed by atoms with Crippen molar-refractivity contribution in [2.24, 2.45) is 0 Å². The zero-order valence-electron chi connectivity index (χ0n) is 15.0. The predicted molar refractivity (Wildman–Crippen MR) is 99.4 cm³/mol. The van der Waals surface area contributed by atoms with E-state index in [1.165, 1.54) is 0 Å². The van der Waals surface area contributed by atoms with Gasteiger partial charge in [0.2, 0.25) is 12.7 Å². The third-order valence-electron chi connectivity index (χ3n) is 4.59. The molecule has 1 amide bonds. The van der Waals surface area contributed by atoms with Crippen LogP contribution in [0.3, 0.4) is 0 Å². The summed E-state index contributed by atoms with van der Waals surface area (Å²) >= 11 is 0. The van der Waals surface area contributed by atoms with E-state index in [-0.39, 0.29) is 18.6 Å². The molecule has 0 saturated carbocycles. The third kappa shape index (κ3) is 3.65. The van der Waals surface area contributed by atoms with Crippen molar-refractivity contribution in [3.63, 3.8) is 0 Å². The molecule has 3 aromatic rings. The summed E-state index contributed by atoms with van der Waals surface area (Å²) in [7, 11) is 0. The molecule has 27 heavy (non-hydrogen) atoms. The maximum Gasteiger partial charge on any atom is 0.231 e. The molecular weight excluding hydrogens is 344 g/mol. The van der Waals surface area contributed by atoms with Crippen LogP contribution < -0.4 is 14.8 Å². The molecule has 0 fully saturated rings. The molecule has 4 rings (SSSR count). The van der Waals surface area contributed by atoms with Crippen LogP contribution in [0, 0.1) is 0 Å². The van der Waals surface area contributed by atoms with Gasteiger partial charge in [0.25, 0.3) is 0 Å². The average Bonchev–Trinajstić information content (AvgIpc) is 3.36. The van der Waals surface area contributed by atoms with Crippen LogP contribution in [0.2, 0.25) is 0 Å².